The summed E-state index contributed by atoms with van der Waals surface area (Å²) in [6.45, 7) is 4.97. The zero-order valence-corrected chi connectivity index (χ0v) is 19.6. The number of ether oxygens (including phenoxy) is 1. The Labute approximate surface area is 199 Å². The minimum Gasteiger partial charge on any atom is -0.497 e. The number of piperazine rings is 1. The SMILES string of the molecule is CCCC(=O)N1CCN(c2ncnc3c2c(-c2ccccc2)cn3-c2cccc(OC)c2)CC1. The number of methoxy groups -OCH3 is 1. The Kier molecular flexibility index (Phi) is 6.16. The van der Waals surface area contributed by atoms with Crippen molar-refractivity contribution in [2.24, 2.45) is 0 Å². The summed E-state index contributed by atoms with van der Waals surface area (Å²) in [7, 11) is 1.67. The minimum atomic E-state index is 0.240. The number of hydrogen-bond donors (Lipinski definition) is 0. The van der Waals surface area contributed by atoms with Crippen molar-refractivity contribution in [3.63, 3.8) is 0 Å². The van der Waals surface area contributed by atoms with E-state index in [2.05, 4.69) is 33.9 Å². The Morgan fingerprint density at radius 3 is 2.53 bits per heavy atom. The molecule has 0 spiro atoms. The van der Waals surface area contributed by atoms with Gasteiger partial charge in [-0.3, -0.25) is 4.79 Å². The quantitative estimate of drug-likeness (QED) is 0.427. The van der Waals surface area contributed by atoms with Gasteiger partial charge in [0.25, 0.3) is 0 Å². The van der Waals surface area contributed by atoms with Gasteiger partial charge in [0.2, 0.25) is 5.91 Å². The van der Waals surface area contributed by atoms with Crippen LogP contribution in [0.25, 0.3) is 27.8 Å². The van der Waals surface area contributed by atoms with E-state index in [1.54, 1.807) is 13.4 Å². The van der Waals surface area contributed by atoms with Crippen LogP contribution in [-0.2, 0) is 4.79 Å². The lowest BCUT2D eigenvalue weighted by Crippen LogP contribution is -2.49. The summed E-state index contributed by atoms with van der Waals surface area (Å²) in [5, 5.41) is 1.02. The van der Waals surface area contributed by atoms with Gasteiger partial charge in [0.1, 0.15) is 17.9 Å². The average molecular weight is 456 g/mol. The summed E-state index contributed by atoms with van der Waals surface area (Å²) in [6, 6.07) is 18.3. The molecule has 2 aromatic heterocycles. The molecule has 4 aromatic rings. The molecule has 1 saturated heterocycles. The van der Waals surface area contributed by atoms with Crippen LogP contribution in [0.5, 0.6) is 5.75 Å². The molecule has 34 heavy (non-hydrogen) atoms. The highest BCUT2D eigenvalue weighted by molar-refractivity contribution is 6.02. The molecule has 0 unspecified atom stereocenters. The van der Waals surface area contributed by atoms with Crippen LogP contribution in [-0.4, -0.2) is 58.6 Å². The van der Waals surface area contributed by atoms with Crippen molar-refractivity contribution in [2.45, 2.75) is 19.8 Å². The Balaban J connectivity index is 1.60. The van der Waals surface area contributed by atoms with E-state index < -0.39 is 0 Å². The molecule has 1 amide bonds. The van der Waals surface area contributed by atoms with Gasteiger partial charge in [0.05, 0.1) is 18.2 Å². The molecule has 0 atom stereocenters. The van der Waals surface area contributed by atoms with E-state index in [4.69, 9.17) is 14.7 Å². The van der Waals surface area contributed by atoms with Gasteiger partial charge in [-0.2, -0.15) is 0 Å². The summed E-state index contributed by atoms with van der Waals surface area (Å²) in [5.41, 5.74) is 4.02. The predicted octanol–water partition coefficient (Wildman–Crippen LogP) is 4.54. The molecule has 174 valence electrons. The van der Waals surface area contributed by atoms with Crippen LogP contribution >= 0.6 is 0 Å². The molecule has 5 rings (SSSR count). The Bertz CT molecular complexity index is 1290. The zero-order valence-electron chi connectivity index (χ0n) is 19.6. The van der Waals surface area contributed by atoms with Gasteiger partial charge < -0.3 is 19.1 Å². The van der Waals surface area contributed by atoms with Crippen molar-refractivity contribution in [1.82, 2.24) is 19.4 Å². The molecular weight excluding hydrogens is 426 g/mol. The van der Waals surface area contributed by atoms with E-state index in [0.717, 1.165) is 58.9 Å². The van der Waals surface area contributed by atoms with Crippen LogP contribution in [0.15, 0.2) is 67.1 Å². The van der Waals surface area contributed by atoms with E-state index in [9.17, 15) is 4.79 Å². The first-order valence-electron chi connectivity index (χ1n) is 11.8. The first-order valence-corrected chi connectivity index (χ1v) is 11.8. The molecule has 0 bridgehead atoms. The fourth-order valence-electron chi connectivity index (χ4n) is 4.62. The summed E-state index contributed by atoms with van der Waals surface area (Å²) in [4.78, 5) is 26.1. The molecule has 7 nitrogen and oxygen atoms in total. The fraction of sp³-hybridized carbons (Fsp3) is 0.296. The zero-order chi connectivity index (χ0) is 23.5. The van der Waals surface area contributed by atoms with Gasteiger partial charge in [-0.25, -0.2) is 9.97 Å². The second-order valence-electron chi connectivity index (χ2n) is 8.49. The number of benzene rings is 2. The molecule has 2 aromatic carbocycles. The monoisotopic (exact) mass is 455 g/mol. The van der Waals surface area contributed by atoms with Crippen molar-refractivity contribution >= 4 is 22.8 Å². The lowest BCUT2D eigenvalue weighted by atomic mass is 10.1. The number of anilines is 1. The van der Waals surface area contributed by atoms with Gasteiger partial charge >= 0.3 is 0 Å². The largest absolute Gasteiger partial charge is 0.497 e. The first-order chi connectivity index (χ1) is 16.7. The molecule has 7 heteroatoms. The summed E-state index contributed by atoms with van der Waals surface area (Å²) in [6.07, 6.45) is 5.26. The second kappa shape index (κ2) is 9.55. The third-order valence-corrected chi connectivity index (χ3v) is 6.38. The van der Waals surface area contributed by atoms with Crippen LogP contribution in [0.4, 0.5) is 5.82 Å². The number of nitrogens with zero attached hydrogens (tertiary/aromatic N) is 5. The van der Waals surface area contributed by atoms with Crippen molar-refractivity contribution in [3.8, 4) is 22.6 Å². The Morgan fingerprint density at radius 1 is 1.00 bits per heavy atom. The van der Waals surface area contributed by atoms with Crippen molar-refractivity contribution < 1.29 is 9.53 Å². The van der Waals surface area contributed by atoms with Gasteiger partial charge in [0.15, 0.2) is 5.65 Å². The molecule has 1 fully saturated rings. The van der Waals surface area contributed by atoms with E-state index in [-0.39, 0.29) is 5.91 Å². The number of carbonyl (C=O) groups is 1. The predicted molar refractivity (Wildman–Crippen MR) is 135 cm³/mol. The molecule has 1 aliphatic heterocycles. The fourth-order valence-corrected chi connectivity index (χ4v) is 4.62. The summed E-state index contributed by atoms with van der Waals surface area (Å²) < 4.78 is 7.56. The number of rotatable bonds is 6. The van der Waals surface area contributed by atoms with E-state index in [0.29, 0.717) is 19.5 Å². The number of amides is 1. The van der Waals surface area contributed by atoms with E-state index in [1.807, 2.05) is 48.2 Å². The van der Waals surface area contributed by atoms with Crippen LogP contribution in [0, 0.1) is 0 Å². The third-order valence-electron chi connectivity index (χ3n) is 6.38. The number of aromatic nitrogens is 3. The summed E-state index contributed by atoms with van der Waals surface area (Å²) in [5.74, 6) is 1.94. The van der Waals surface area contributed by atoms with Gasteiger partial charge in [0, 0.05) is 50.4 Å². The molecule has 0 saturated carbocycles. The number of hydrogen-bond acceptors (Lipinski definition) is 5. The lowest BCUT2D eigenvalue weighted by molar-refractivity contribution is -0.131. The van der Waals surface area contributed by atoms with Crippen LogP contribution in [0.1, 0.15) is 19.8 Å². The maximum absolute atomic E-state index is 12.4. The van der Waals surface area contributed by atoms with Crippen molar-refractivity contribution in [1.29, 1.82) is 0 Å². The van der Waals surface area contributed by atoms with E-state index >= 15 is 0 Å². The van der Waals surface area contributed by atoms with Crippen LogP contribution in [0.3, 0.4) is 0 Å². The maximum Gasteiger partial charge on any atom is 0.222 e. The molecule has 3 heterocycles. The lowest BCUT2D eigenvalue weighted by Gasteiger charge is -2.35. The minimum absolute atomic E-state index is 0.240. The smallest absolute Gasteiger partial charge is 0.222 e. The Morgan fingerprint density at radius 2 is 1.79 bits per heavy atom. The second-order valence-corrected chi connectivity index (χ2v) is 8.49. The van der Waals surface area contributed by atoms with Crippen LogP contribution < -0.4 is 9.64 Å². The van der Waals surface area contributed by atoms with E-state index in [1.165, 1.54) is 0 Å². The highest BCUT2D eigenvalue weighted by atomic mass is 16.5. The molecular formula is C27H29N5O2. The third kappa shape index (κ3) is 4.09. The average Bonchev–Trinajstić information content (AvgIpc) is 3.29. The number of fused-ring (bicyclic) bond motifs is 1. The molecule has 0 aliphatic carbocycles. The molecule has 1 aliphatic rings. The summed E-state index contributed by atoms with van der Waals surface area (Å²) >= 11 is 0. The normalized spacial score (nSPS) is 13.9. The number of carbonyl (C=O) groups excluding carboxylic acids is 1. The van der Waals surface area contributed by atoms with Crippen molar-refractivity contribution in [2.75, 3.05) is 38.2 Å². The van der Waals surface area contributed by atoms with Gasteiger partial charge in [-0.05, 0) is 24.1 Å². The maximum atomic E-state index is 12.4. The highest BCUT2D eigenvalue weighted by Gasteiger charge is 2.25. The topological polar surface area (TPSA) is 63.5 Å². The first kappa shape index (κ1) is 21.9. The standard InChI is InChI=1S/C27H29N5O2/c1-3-8-24(33)30-13-15-31(16-14-30)26-25-23(20-9-5-4-6-10-20)18-32(27(25)29-19-28-26)21-11-7-12-22(17-21)34-2/h4-7,9-12,17-19H,3,8,13-16H2,1-2H3. The van der Waals surface area contributed by atoms with Gasteiger partial charge in [-0.1, -0.05) is 43.3 Å². The van der Waals surface area contributed by atoms with Gasteiger partial charge in [-0.15, -0.1) is 0 Å². The molecule has 0 radical (unpaired) electrons. The highest BCUT2D eigenvalue weighted by Crippen LogP contribution is 2.37. The Hall–Kier alpha value is -3.87. The molecule has 0 N–H and O–H groups in total. The van der Waals surface area contributed by atoms with Crippen molar-refractivity contribution in [3.05, 3.63) is 67.1 Å². The van der Waals surface area contributed by atoms with Crippen LogP contribution in [0.2, 0.25) is 0 Å².